The number of hydrogen-bond donors (Lipinski definition) is 2. The van der Waals surface area contributed by atoms with Gasteiger partial charge in [-0.2, -0.15) is 0 Å². The molecule has 5 rings (SSSR count). The van der Waals surface area contributed by atoms with Gasteiger partial charge in [-0.1, -0.05) is 24.3 Å². The largest absolute Gasteiger partial charge is 0.497 e. The number of para-hydroxylation sites is 1. The van der Waals surface area contributed by atoms with Crippen molar-refractivity contribution in [2.45, 2.75) is 25.1 Å². The van der Waals surface area contributed by atoms with E-state index in [1.54, 1.807) is 60.5 Å². The van der Waals surface area contributed by atoms with Crippen molar-refractivity contribution in [2.24, 2.45) is 0 Å². The fourth-order valence-electron chi connectivity index (χ4n) is 4.38. The Morgan fingerprint density at radius 3 is 2.69 bits per heavy atom. The number of methoxy groups -OCH3 is 1. The molecule has 2 aliphatic heterocycles. The maximum atomic E-state index is 13.1. The first-order valence-corrected chi connectivity index (χ1v) is 10.4. The van der Waals surface area contributed by atoms with Crippen LogP contribution < -0.4 is 25.0 Å². The number of carbonyl (C=O) groups excluding carboxylic acids is 2. The SMILES string of the molecule is COc1ccc(NC(=O)c2cccc(N3C(=O)N[C@@H]4C[C@]3(C)Oc3ccccc34)c2)cc1. The highest BCUT2D eigenvalue weighted by molar-refractivity contribution is 6.05. The summed E-state index contributed by atoms with van der Waals surface area (Å²) < 4.78 is 11.4. The van der Waals surface area contributed by atoms with E-state index in [0.29, 0.717) is 29.1 Å². The van der Waals surface area contributed by atoms with Gasteiger partial charge in [0.1, 0.15) is 11.5 Å². The summed E-state index contributed by atoms with van der Waals surface area (Å²) in [5.74, 6) is 1.19. The third kappa shape index (κ3) is 3.41. The molecular weight excluding hydrogens is 406 g/mol. The summed E-state index contributed by atoms with van der Waals surface area (Å²) in [7, 11) is 1.59. The zero-order valence-electron chi connectivity index (χ0n) is 17.8. The summed E-state index contributed by atoms with van der Waals surface area (Å²) in [6.07, 6.45) is 0.595. The van der Waals surface area contributed by atoms with E-state index in [2.05, 4.69) is 10.6 Å². The Morgan fingerprint density at radius 1 is 1.12 bits per heavy atom. The molecule has 7 nitrogen and oxygen atoms in total. The normalized spacial score (nSPS) is 21.1. The lowest BCUT2D eigenvalue weighted by atomic mass is 9.90. The van der Waals surface area contributed by atoms with Crippen molar-refractivity contribution in [1.29, 1.82) is 0 Å². The number of nitrogens with zero attached hydrogens (tertiary/aromatic N) is 1. The first kappa shape index (κ1) is 19.9. The molecule has 3 aromatic carbocycles. The number of nitrogens with one attached hydrogen (secondary N) is 2. The number of anilines is 2. The lowest BCUT2D eigenvalue weighted by molar-refractivity contribution is 0.0378. The van der Waals surface area contributed by atoms with E-state index in [0.717, 1.165) is 11.3 Å². The number of carbonyl (C=O) groups is 2. The minimum Gasteiger partial charge on any atom is -0.497 e. The molecule has 2 atom stereocenters. The third-order valence-corrected chi connectivity index (χ3v) is 5.90. The molecule has 3 amide bonds. The molecule has 0 aromatic heterocycles. The molecule has 2 bridgehead atoms. The first-order chi connectivity index (χ1) is 15.5. The van der Waals surface area contributed by atoms with Gasteiger partial charge in [0.25, 0.3) is 5.91 Å². The Labute approximate surface area is 185 Å². The molecule has 2 heterocycles. The van der Waals surface area contributed by atoms with Crippen LogP contribution in [0.3, 0.4) is 0 Å². The fourth-order valence-corrected chi connectivity index (χ4v) is 4.38. The van der Waals surface area contributed by atoms with Crippen LogP contribution >= 0.6 is 0 Å². The lowest BCUT2D eigenvalue weighted by Gasteiger charge is -2.50. The van der Waals surface area contributed by atoms with Crippen molar-refractivity contribution in [3.05, 3.63) is 83.9 Å². The highest BCUT2D eigenvalue weighted by Crippen LogP contribution is 2.45. The van der Waals surface area contributed by atoms with Gasteiger partial charge in [-0.05, 0) is 55.5 Å². The number of benzene rings is 3. The van der Waals surface area contributed by atoms with Crippen LogP contribution in [0.4, 0.5) is 16.2 Å². The Morgan fingerprint density at radius 2 is 1.91 bits per heavy atom. The number of amides is 3. The number of fused-ring (bicyclic) bond motifs is 4. The monoisotopic (exact) mass is 429 g/mol. The van der Waals surface area contributed by atoms with Gasteiger partial charge >= 0.3 is 6.03 Å². The van der Waals surface area contributed by atoms with Gasteiger partial charge in [-0.15, -0.1) is 0 Å². The second-order valence-electron chi connectivity index (χ2n) is 8.09. The predicted octanol–water partition coefficient (Wildman–Crippen LogP) is 4.72. The number of rotatable bonds is 4. The van der Waals surface area contributed by atoms with Gasteiger partial charge in [0.15, 0.2) is 5.72 Å². The summed E-state index contributed by atoms with van der Waals surface area (Å²) in [4.78, 5) is 27.5. The van der Waals surface area contributed by atoms with E-state index >= 15 is 0 Å². The Hall–Kier alpha value is -4.00. The molecule has 7 heteroatoms. The molecule has 0 saturated carbocycles. The van der Waals surface area contributed by atoms with Crippen LogP contribution in [0, 0.1) is 0 Å². The molecule has 32 heavy (non-hydrogen) atoms. The summed E-state index contributed by atoms with van der Waals surface area (Å²) in [6.45, 7) is 1.90. The Balaban J connectivity index is 1.42. The van der Waals surface area contributed by atoms with E-state index in [4.69, 9.17) is 9.47 Å². The summed E-state index contributed by atoms with van der Waals surface area (Å²) >= 11 is 0. The molecule has 3 aromatic rings. The zero-order chi connectivity index (χ0) is 22.3. The smallest absolute Gasteiger partial charge is 0.325 e. The molecule has 0 aliphatic carbocycles. The summed E-state index contributed by atoms with van der Waals surface area (Å²) in [5.41, 5.74) is 1.79. The van der Waals surface area contributed by atoms with Crippen LogP contribution in [-0.4, -0.2) is 24.8 Å². The maximum Gasteiger partial charge on any atom is 0.325 e. The van der Waals surface area contributed by atoms with Crippen molar-refractivity contribution < 1.29 is 19.1 Å². The van der Waals surface area contributed by atoms with Crippen molar-refractivity contribution in [3.8, 4) is 11.5 Å². The average Bonchev–Trinajstić information content (AvgIpc) is 2.79. The van der Waals surface area contributed by atoms with Crippen molar-refractivity contribution in [2.75, 3.05) is 17.3 Å². The number of ether oxygens (including phenoxy) is 2. The van der Waals surface area contributed by atoms with Crippen LogP contribution in [0.1, 0.15) is 35.3 Å². The van der Waals surface area contributed by atoms with Gasteiger partial charge in [-0.3, -0.25) is 9.69 Å². The fraction of sp³-hybridized carbons (Fsp3) is 0.200. The maximum absolute atomic E-state index is 13.1. The number of urea groups is 1. The topological polar surface area (TPSA) is 79.9 Å². The molecule has 2 aliphatic rings. The lowest BCUT2D eigenvalue weighted by Crippen LogP contribution is -2.65. The van der Waals surface area contributed by atoms with E-state index in [1.807, 2.05) is 31.2 Å². The minimum absolute atomic E-state index is 0.116. The van der Waals surface area contributed by atoms with Gasteiger partial charge in [0.05, 0.1) is 18.8 Å². The zero-order valence-corrected chi connectivity index (χ0v) is 17.8. The molecule has 1 saturated heterocycles. The van der Waals surface area contributed by atoms with Gasteiger partial charge in [0.2, 0.25) is 0 Å². The van der Waals surface area contributed by atoms with E-state index in [1.165, 1.54) is 0 Å². The standard InChI is InChI=1S/C25H23N3O4/c1-25-15-21(20-8-3-4-9-22(20)32-25)27-24(30)28(25)18-7-5-6-16(14-18)23(29)26-17-10-12-19(31-2)13-11-17/h3-14,21H,15H2,1-2H3,(H,26,29)(H,27,30)/t21-,25+/m1/s1. The minimum atomic E-state index is -0.869. The quantitative estimate of drug-likeness (QED) is 0.629. The molecule has 162 valence electrons. The van der Waals surface area contributed by atoms with E-state index in [-0.39, 0.29) is 18.0 Å². The Bertz CT molecular complexity index is 1190. The van der Waals surface area contributed by atoms with Crippen molar-refractivity contribution in [1.82, 2.24) is 5.32 Å². The highest BCUT2D eigenvalue weighted by atomic mass is 16.5. The van der Waals surface area contributed by atoms with Crippen molar-refractivity contribution in [3.63, 3.8) is 0 Å². The molecular formula is C25H23N3O4. The second-order valence-corrected chi connectivity index (χ2v) is 8.09. The van der Waals surface area contributed by atoms with Gasteiger partial charge in [-0.25, -0.2) is 4.79 Å². The summed E-state index contributed by atoms with van der Waals surface area (Å²) in [5, 5.41) is 5.94. The van der Waals surface area contributed by atoms with E-state index in [9.17, 15) is 9.59 Å². The van der Waals surface area contributed by atoms with Gasteiger partial charge in [0, 0.05) is 23.2 Å². The number of hydrogen-bond acceptors (Lipinski definition) is 4. The molecule has 2 N–H and O–H groups in total. The van der Waals surface area contributed by atoms with E-state index < -0.39 is 5.72 Å². The predicted molar refractivity (Wildman–Crippen MR) is 121 cm³/mol. The van der Waals surface area contributed by atoms with Crippen LogP contribution in [0.25, 0.3) is 0 Å². The average molecular weight is 429 g/mol. The first-order valence-electron chi connectivity index (χ1n) is 10.4. The molecule has 1 fully saturated rings. The van der Waals surface area contributed by atoms with Crippen LogP contribution in [0.2, 0.25) is 0 Å². The van der Waals surface area contributed by atoms with Crippen molar-refractivity contribution >= 4 is 23.3 Å². The van der Waals surface area contributed by atoms with Crippen LogP contribution in [0.5, 0.6) is 11.5 Å². The van der Waals surface area contributed by atoms with Gasteiger partial charge < -0.3 is 20.1 Å². The third-order valence-electron chi connectivity index (χ3n) is 5.90. The Kier molecular flexibility index (Phi) is 4.74. The van der Waals surface area contributed by atoms with Crippen LogP contribution in [0.15, 0.2) is 72.8 Å². The molecule has 0 radical (unpaired) electrons. The second kappa shape index (κ2) is 7.60. The molecule has 0 spiro atoms. The molecule has 0 unspecified atom stereocenters. The highest BCUT2D eigenvalue weighted by Gasteiger charge is 2.49. The summed E-state index contributed by atoms with van der Waals surface area (Å²) in [6, 6.07) is 21.4. The van der Waals surface area contributed by atoms with Crippen LogP contribution in [-0.2, 0) is 0 Å².